The van der Waals surface area contributed by atoms with Crippen molar-refractivity contribution in [3.8, 4) is 5.75 Å². The van der Waals surface area contributed by atoms with Crippen LogP contribution in [-0.2, 0) is 4.79 Å². The molecular formula is C26H25Cl2N3O3S. The molecule has 6 nitrogen and oxygen atoms in total. The SMILES string of the molecule is CCN(C(=O)c1ccccc1NC(=S)NC(=O)CCCOc1ccc(Cl)cc1Cl)c1ccccc1. The van der Waals surface area contributed by atoms with Crippen LogP contribution in [0.3, 0.4) is 0 Å². The number of nitrogens with zero attached hydrogens (tertiary/aromatic N) is 1. The van der Waals surface area contributed by atoms with Crippen LogP contribution < -0.4 is 20.3 Å². The van der Waals surface area contributed by atoms with Gasteiger partial charge in [-0.25, -0.2) is 0 Å². The van der Waals surface area contributed by atoms with Gasteiger partial charge in [-0.15, -0.1) is 0 Å². The maximum atomic E-state index is 13.3. The Hall–Kier alpha value is -3.13. The first-order chi connectivity index (χ1) is 16.9. The number of hydrogen-bond donors (Lipinski definition) is 2. The molecule has 0 aliphatic rings. The van der Waals surface area contributed by atoms with E-state index in [2.05, 4.69) is 10.6 Å². The third-order valence-corrected chi connectivity index (χ3v) is 5.72. The molecule has 0 atom stereocenters. The summed E-state index contributed by atoms with van der Waals surface area (Å²) in [6.07, 6.45) is 0.663. The molecule has 0 fully saturated rings. The summed E-state index contributed by atoms with van der Waals surface area (Å²) in [4.78, 5) is 27.2. The maximum Gasteiger partial charge on any atom is 0.260 e. The fourth-order valence-electron chi connectivity index (χ4n) is 3.33. The number of thiocarbonyl (C=S) groups is 1. The second kappa shape index (κ2) is 13.1. The topological polar surface area (TPSA) is 70.7 Å². The van der Waals surface area contributed by atoms with Crippen molar-refractivity contribution < 1.29 is 14.3 Å². The highest BCUT2D eigenvalue weighted by Gasteiger charge is 2.19. The van der Waals surface area contributed by atoms with Crippen LogP contribution in [0.1, 0.15) is 30.1 Å². The summed E-state index contributed by atoms with van der Waals surface area (Å²) in [7, 11) is 0. The number of halogens is 2. The molecule has 3 rings (SSSR count). The predicted molar refractivity (Wildman–Crippen MR) is 146 cm³/mol. The van der Waals surface area contributed by atoms with E-state index in [4.69, 9.17) is 40.2 Å². The van der Waals surface area contributed by atoms with Crippen LogP contribution in [0.5, 0.6) is 5.75 Å². The van der Waals surface area contributed by atoms with Gasteiger partial charge in [0.05, 0.1) is 22.9 Å². The number of nitrogens with one attached hydrogen (secondary N) is 2. The summed E-state index contributed by atoms with van der Waals surface area (Å²) in [5.41, 5.74) is 1.76. The average Bonchev–Trinajstić information content (AvgIpc) is 2.84. The molecule has 0 unspecified atom stereocenters. The summed E-state index contributed by atoms with van der Waals surface area (Å²) in [6.45, 7) is 2.72. The number of hydrogen-bond acceptors (Lipinski definition) is 4. The second-order valence-corrected chi connectivity index (χ2v) is 8.71. The normalized spacial score (nSPS) is 10.4. The standard InChI is InChI=1S/C26H25Cl2N3O3S/c1-2-31(19-9-4-3-5-10-19)25(33)20-11-6-7-12-22(20)29-26(35)30-24(32)13-8-16-34-23-15-14-18(27)17-21(23)28/h3-7,9-12,14-15,17H,2,8,13,16H2,1H3,(H2,29,30,32,35). The molecule has 182 valence electrons. The van der Waals surface area contributed by atoms with Crippen molar-refractivity contribution >= 4 is 63.7 Å². The Labute approximate surface area is 220 Å². The Morgan fingerprint density at radius 2 is 1.71 bits per heavy atom. The zero-order valence-electron chi connectivity index (χ0n) is 19.1. The first-order valence-electron chi connectivity index (χ1n) is 11.0. The van der Waals surface area contributed by atoms with Gasteiger partial charge in [-0.3, -0.25) is 9.59 Å². The third-order valence-electron chi connectivity index (χ3n) is 4.99. The number of rotatable bonds is 9. The maximum absolute atomic E-state index is 13.3. The van der Waals surface area contributed by atoms with Crippen molar-refractivity contribution in [1.82, 2.24) is 5.32 Å². The molecule has 0 saturated heterocycles. The Morgan fingerprint density at radius 3 is 2.43 bits per heavy atom. The highest BCUT2D eigenvalue weighted by atomic mass is 35.5. The van der Waals surface area contributed by atoms with Gasteiger partial charge in [0.1, 0.15) is 5.75 Å². The fourth-order valence-corrected chi connectivity index (χ4v) is 4.01. The van der Waals surface area contributed by atoms with Gasteiger partial charge in [0.25, 0.3) is 5.91 Å². The van der Waals surface area contributed by atoms with E-state index in [1.165, 1.54) is 0 Å². The number of ether oxygens (including phenoxy) is 1. The highest BCUT2D eigenvalue weighted by Crippen LogP contribution is 2.27. The molecule has 35 heavy (non-hydrogen) atoms. The van der Waals surface area contributed by atoms with Crippen molar-refractivity contribution in [3.05, 3.63) is 88.4 Å². The summed E-state index contributed by atoms with van der Waals surface area (Å²) >= 11 is 17.2. The van der Waals surface area contributed by atoms with Gasteiger partial charge in [0.15, 0.2) is 5.11 Å². The van der Waals surface area contributed by atoms with Gasteiger partial charge in [-0.1, -0.05) is 53.5 Å². The summed E-state index contributed by atoms with van der Waals surface area (Å²) in [5.74, 6) is 0.0667. The first kappa shape index (κ1) is 26.5. The monoisotopic (exact) mass is 529 g/mol. The zero-order valence-corrected chi connectivity index (χ0v) is 21.4. The van der Waals surface area contributed by atoms with Gasteiger partial charge in [-0.2, -0.15) is 0 Å². The van der Waals surface area contributed by atoms with Gasteiger partial charge in [0, 0.05) is 23.7 Å². The van der Waals surface area contributed by atoms with E-state index in [1.807, 2.05) is 37.3 Å². The second-order valence-electron chi connectivity index (χ2n) is 7.46. The van der Waals surface area contributed by atoms with Gasteiger partial charge in [-0.05, 0) is 68.0 Å². The molecule has 2 amide bonds. The van der Waals surface area contributed by atoms with E-state index in [-0.39, 0.29) is 23.3 Å². The molecule has 3 aromatic carbocycles. The summed E-state index contributed by atoms with van der Waals surface area (Å²) in [6, 6.07) is 21.4. The van der Waals surface area contributed by atoms with Crippen molar-refractivity contribution in [2.24, 2.45) is 0 Å². The zero-order chi connectivity index (χ0) is 25.2. The smallest absolute Gasteiger partial charge is 0.260 e. The van der Waals surface area contributed by atoms with E-state index in [1.54, 1.807) is 47.4 Å². The number of carbonyl (C=O) groups excluding carboxylic acids is 2. The average molecular weight is 530 g/mol. The van der Waals surface area contributed by atoms with Crippen molar-refractivity contribution in [2.75, 3.05) is 23.4 Å². The van der Waals surface area contributed by atoms with Gasteiger partial charge in [0.2, 0.25) is 5.91 Å². The lowest BCUT2D eigenvalue weighted by atomic mass is 10.1. The van der Waals surface area contributed by atoms with Crippen LogP contribution in [0.4, 0.5) is 11.4 Å². The summed E-state index contributed by atoms with van der Waals surface area (Å²) in [5, 5.41) is 6.66. The largest absolute Gasteiger partial charge is 0.492 e. The number of benzene rings is 3. The minimum absolute atomic E-state index is 0.111. The Kier molecular flexibility index (Phi) is 9.90. The van der Waals surface area contributed by atoms with Gasteiger partial charge >= 0.3 is 0 Å². The lowest BCUT2D eigenvalue weighted by molar-refractivity contribution is -0.119. The fraction of sp³-hybridized carbons (Fsp3) is 0.192. The van der Waals surface area contributed by atoms with E-state index in [0.717, 1.165) is 5.69 Å². The molecule has 0 spiro atoms. The first-order valence-corrected chi connectivity index (χ1v) is 12.2. The van der Waals surface area contributed by atoms with E-state index >= 15 is 0 Å². The molecule has 0 saturated carbocycles. The van der Waals surface area contributed by atoms with Crippen molar-refractivity contribution in [2.45, 2.75) is 19.8 Å². The molecule has 0 bridgehead atoms. The number of anilines is 2. The van der Waals surface area contributed by atoms with Crippen LogP contribution >= 0.6 is 35.4 Å². The van der Waals surface area contributed by atoms with Crippen LogP contribution in [0.15, 0.2) is 72.8 Å². The third kappa shape index (κ3) is 7.68. The lowest BCUT2D eigenvalue weighted by Crippen LogP contribution is -2.35. The molecule has 0 heterocycles. The Bertz CT molecular complexity index is 1190. The Balaban J connectivity index is 1.53. The Morgan fingerprint density at radius 1 is 1.00 bits per heavy atom. The number of para-hydroxylation sites is 2. The molecule has 2 N–H and O–H groups in total. The molecule has 0 aliphatic carbocycles. The van der Waals surface area contributed by atoms with Crippen LogP contribution in [-0.4, -0.2) is 30.1 Å². The quantitative estimate of drug-likeness (QED) is 0.250. The number of amides is 2. The molecule has 0 aromatic heterocycles. The molecular weight excluding hydrogens is 505 g/mol. The highest BCUT2D eigenvalue weighted by molar-refractivity contribution is 7.80. The number of carbonyl (C=O) groups is 2. The summed E-state index contributed by atoms with van der Waals surface area (Å²) < 4.78 is 5.59. The van der Waals surface area contributed by atoms with Crippen molar-refractivity contribution in [1.29, 1.82) is 0 Å². The van der Waals surface area contributed by atoms with Crippen LogP contribution in [0, 0.1) is 0 Å². The van der Waals surface area contributed by atoms with E-state index in [0.29, 0.717) is 46.6 Å². The molecule has 0 radical (unpaired) electrons. The van der Waals surface area contributed by atoms with Crippen molar-refractivity contribution in [3.63, 3.8) is 0 Å². The molecule has 0 aliphatic heterocycles. The van der Waals surface area contributed by atoms with E-state index in [9.17, 15) is 9.59 Å². The molecule has 9 heteroatoms. The van der Waals surface area contributed by atoms with Crippen LogP contribution in [0.25, 0.3) is 0 Å². The molecule has 3 aromatic rings. The minimum Gasteiger partial charge on any atom is -0.492 e. The van der Waals surface area contributed by atoms with Gasteiger partial charge < -0.3 is 20.3 Å². The van der Waals surface area contributed by atoms with E-state index < -0.39 is 0 Å². The predicted octanol–water partition coefficient (Wildman–Crippen LogP) is 6.33. The minimum atomic E-state index is -0.267. The lowest BCUT2D eigenvalue weighted by Gasteiger charge is -2.23. The van der Waals surface area contributed by atoms with Crippen LogP contribution in [0.2, 0.25) is 10.0 Å².